The Morgan fingerprint density at radius 1 is 1.00 bits per heavy atom. The van der Waals surface area contributed by atoms with Crippen LogP contribution in [-0.4, -0.2) is 68.4 Å². The first-order chi connectivity index (χ1) is 17.0. The third-order valence-electron chi connectivity index (χ3n) is 6.66. The lowest BCUT2D eigenvalue weighted by Crippen LogP contribution is -2.46. The minimum absolute atomic E-state index is 0.0388. The Kier molecular flexibility index (Phi) is 6.77. The van der Waals surface area contributed by atoms with E-state index in [1.807, 2.05) is 17.7 Å². The predicted octanol–water partition coefficient (Wildman–Crippen LogP) is 3.73. The molecule has 8 heteroatoms. The molecule has 0 bridgehead atoms. The quantitative estimate of drug-likeness (QED) is 0.439. The SMILES string of the molecule is CC(C)N(C)c1ncnc2c1ncn2[C@H]1CN(Cc2ccc(-c3ccccc3)cc2)C[C@@H](CO)O1. The Bertz CT molecular complexity index is 1260. The fraction of sp³-hybridized carbons (Fsp3) is 0.370. The van der Waals surface area contributed by atoms with E-state index in [1.165, 1.54) is 16.7 Å². The Labute approximate surface area is 205 Å². The van der Waals surface area contributed by atoms with Crippen LogP contribution >= 0.6 is 0 Å². The molecule has 5 rings (SSSR count). The second-order valence-electron chi connectivity index (χ2n) is 9.38. The second-order valence-corrected chi connectivity index (χ2v) is 9.38. The zero-order chi connectivity index (χ0) is 24.4. The maximum absolute atomic E-state index is 9.94. The van der Waals surface area contributed by atoms with Gasteiger partial charge in [0.15, 0.2) is 17.0 Å². The lowest BCUT2D eigenvalue weighted by Gasteiger charge is -2.38. The molecule has 1 fully saturated rings. The van der Waals surface area contributed by atoms with Gasteiger partial charge in [-0.1, -0.05) is 54.6 Å². The summed E-state index contributed by atoms with van der Waals surface area (Å²) in [5.74, 6) is 0.800. The first-order valence-corrected chi connectivity index (χ1v) is 12.1. The summed E-state index contributed by atoms with van der Waals surface area (Å²) < 4.78 is 8.20. The number of aliphatic hydroxyl groups is 1. The fourth-order valence-corrected chi connectivity index (χ4v) is 4.52. The molecule has 0 spiro atoms. The van der Waals surface area contributed by atoms with Crippen molar-refractivity contribution in [1.82, 2.24) is 24.4 Å². The van der Waals surface area contributed by atoms with Gasteiger partial charge >= 0.3 is 0 Å². The molecular formula is C27H32N6O2. The summed E-state index contributed by atoms with van der Waals surface area (Å²) in [6.45, 7) is 6.30. The van der Waals surface area contributed by atoms with E-state index < -0.39 is 0 Å². The Balaban J connectivity index is 1.36. The van der Waals surface area contributed by atoms with Crippen LogP contribution in [-0.2, 0) is 11.3 Å². The van der Waals surface area contributed by atoms with Crippen LogP contribution in [0.3, 0.4) is 0 Å². The summed E-state index contributed by atoms with van der Waals surface area (Å²) in [5, 5.41) is 9.94. The van der Waals surface area contributed by atoms with E-state index in [-0.39, 0.29) is 25.0 Å². The van der Waals surface area contributed by atoms with E-state index in [0.717, 1.165) is 23.5 Å². The molecule has 1 saturated heterocycles. The van der Waals surface area contributed by atoms with Crippen LogP contribution in [0.1, 0.15) is 25.6 Å². The lowest BCUT2D eigenvalue weighted by molar-refractivity contribution is -0.135. The number of aliphatic hydroxyl groups excluding tert-OH is 1. The number of imidazole rings is 1. The summed E-state index contributed by atoms with van der Waals surface area (Å²) in [6.07, 6.45) is 2.76. The lowest BCUT2D eigenvalue weighted by atomic mass is 10.0. The largest absolute Gasteiger partial charge is 0.394 e. The topological polar surface area (TPSA) is 79.5 Å². The van der Waals surface area contributed by atoms with Crippen LogP contribution in [0.15, 0.2) is 67.3 Å². The van der Waals surface area contributed by atoms with Gasteiger partial charge in [0.05, 0.1) is 19.0 Å². The van der Waals surface area contributed by atoms with E-state index in [9.17, 15) is 5.11 Å². The van der Waals surface area contributed by atoms with Crippen molar-refractivity contribution in [3.05, 3.63) is 72.8 Å². The van der Waals surface area contributed by atoms with E-state index in [0.29, 0.717) is 13.1 Å². The second kappa shape index (κ2) is 10.1. The summed E-state index contributed by atoms with van der Waals surface area (Å²) in [5.41, 5.74) is 5.12. The maximum atomic E-state index is 9.94. The number of hydrogen-bond acceptors (Lipinski definition) is 7. The van der Waals surface area contributed by atoms with Gasteiger partial charge in [-0.05, 0) is 30.5 Å². The van der Waals surface area contributed by atoms with Gasteiger partial charge in [0.1, 0.15) is 12.6 Å². The van der Waals surface area contributed by atoms with Crippen LogP contribution < -0.4 is 4.90 Å². The Morgan fingerprint density at radius 3 is 2.46 bits per heavy atom. The molecular weight excluding hydrogens is 440 g/mol. The van der Waals surface area contributed by atoms with Crippen molar-refractivity contribution >= 4 is 17.0 Å². The van der Waals surface area contributed by atoms with Crippen LogP contribution in [0.25, 0.3) is 22.3 Å². The minimum Gasteiger partial charge on any atom is -0.394 e. The van der Waals surface area contributed by atoms with Crippen molar-refractivity contribution in [1.29, 1.82) is 0 Å². The first-order valence-electron chi connectivity index (χ1n) is 12.1. The molecule has 0 saturated carbocycles. The molecule has 1 aliphatic rings. The molecule has 35 heavy (non-hydrogen) atoms. The number of hydrogen-bond donors (Lipinski definition) is 1. The average Bonchev–Trinajstić information content (AvgIpc) is 3.33. The Morgan fingerprint density at radius 2 is 1.74 bits per heavy atom. The predicted molar refractivity (Wildman–Crippen MR) is 137 cm³/mol. The van der Waals surface area contributed by atoms with Gasteiger partial charge in [-0.25, -0.2) is 15.0 Å². The van der Waals surface area contributed by atoms with Crippen molar-refractivity contribution in [2.75, 3.05) is 31.6 Å². The van der Waals surface area contributed by atoms with Gasteiger partial charge in [-0.2, -0.15) is 0 Å². The van der Waals surface area contributed by atoms with Gasteiger partial charge in [0, 0.05) is 32.7 Å². The number of aromatic nitrogens is 4. The van der Waals surface area contributed by atoms with Gasteiger partial charge in [0.2, 0.25) is 0 Å². The highest BCUT2D eigenvalue weighted by Gasteiger charge is 2.30. The van der Waals surface area contributed by atoms with Crippen LogP contribution in [0, 0.1) is 0 Å². The fourth-order valence-electron chi connectivity index (χ4n) is 4.52. The van der Waals surface area contributed by atoms with Crippen LogP contribution in [0.2, 0.25) is 0 Å². The highest BCUT2D eigenvalue weighted by atomic mass is 16.5. The molecule has 2 aromatic heterocycles. The van der Waals surface area contributed by atoms with Crippen LogP contribution in [0.5, 0.6) is 0 Å². The molecule has 4 aromatic rings. The molecule has 182 valence electrons. The standard InChI is InChI=1S/C27H32N6O2/c1-19(2)31(3)26-25-27(29-17-28-26)33(18-30-25)24-15-32(14-23(16-34)35-24)13-20-9-11-22(12-10-20)21-7-5-4-6-8-21/h4-12,17-19,23-24,34H,13-16H2,1-3H3/t23-,24+/m0/s1. The number of nitrogens with zero attached hydrogens (tertiary/aromatic N) is 6. The van der Waals surface area contributed by atoms with E-state index >= 15 is 0 Å². The number of anilines is 1. The highest BCUT2D eigenvalue weighted by Crippen LogP contribution is 2.28. The number of morpholine rings is 1. The van der Waals surface area contributed by atoms with E-state index in [4.69, 9.17) is 4.74 Å². The number of benzene rings is 2. The third-order valence-corrected chi connectivity index (χ3v) is 6.66. The zero-order valence-corrected chi connectivity index (χ0v) is 20.5. The summed E-state index contributed by atoms with van der Waals surface area (Å²) in [7, 11) is 2.01. The van der Waals surface area contributed by atoms with Crippen molar-refractivity contribution in [3.63, 3.8) is 0 Å². The van der Waals surface area contributed by atoms with Crippen molar-refractivity contribution in [3.8, 4) is 11.1 Å². The van der Waals surface area contributed by atoms with E-state index in [2.05, 4.69) is 87.1 Å². The normalized spacial score (nSPS) is 18.9. The molecule has 8 nitrogen and oxygen atoms in total. The molecule has 2 aromatic carbocycles. The number of rotatable bonds is 7. The summed E-state index contributed by atoms with van der Waals surface area (Å²) in [6, 6.07) is 19.4. The van der Waals surface area contributed by atoms with Crippen molar-refractivity contribution in [2.45, 2.75) is 38.8 Å². The minimum atomic E-state index is -0.304. The van der Waals surface area contributed by atoms with Gasteiger partial charge < -0.3 is 14.7 Å². The summed E-state index contributed by atoms with van der Waals surface area (Å²) >= 11 is 0. The molecule has 0 amide bonds. The molecule has 0 aliphatic carbocycles. The first kappa shape index (κ1) is 23.4. The summed E-state index contributed by atoms with van der Waals surface area (Å²) in [4.78, 5) is 18.0. The monoisotopic (exact) mass is 472 g/mol. The molecule has 1 aliphatic heterocycles. The smallest absolute Gasteiger partial charge is 0.167 e. The van der Waals surface area contributed by atoms with Crippen molar-refractivity contribution in [2.24, 2.45) is 0 Å². The molecule has 0 radical (unpaired) electrons. The maximum Gasteiger partial charge on any atom is 0.167 e. The van der Waals surface area contributed by atoms with Gasteiger partial charge in [0.25, 0.3) is 0 Å². The average molecular weight is 473 g/mol. The number of fused-ring (bicyclic) bond motifs is 1. The molecule has 0 unspecified atom stereocenters. The third kappa shape index (κ3) is 4.91. The van der Waals surface area contributed by atoms with Gasteiger partial charge in [-0.3, -0.25) is 9.47 Å². The number of ether oxygens (including phenoxy) is 1. The molecule has 3 heterocycles. The Hall–Kier alpha value is -3.33. The van der Waals surface area contributed by atoms with Crippen LogP contribution in [0.4, 0.5) is 5.82 Å². The highest BCUT2D eigenvalue weighted by molar-refractivity contribution is 5.83. The zero-order valence-electron chi connectivity index (χ0n) is 20.5. The van der Waals surface area contributed by atoms with Gasteiger partial charge in [-0.15, -0.1) is 0 Å². The van der Waals surface area contributed by atoms with E-state index in [1.54, 1.807) is 12.7 Å². The van der Waals surface area contributed by atoms with Crippen molar-refractivity contribution < 1.29 is 9.84 Å². The molecule has 1 N–H and O–H groups in total. The molecule has 2 atom stereocenters.